The zero-order valence-electron chi connectivity index (χ0n) is 26.6. The molecule has 0 saturated heterocycles. The summed E-state index contributed by atoms with van der Waals surface area (Å²) in [5, 5.41) is 0. The lowest BCUT2D eigenvalue weighted by molar-refractivity contribution is -0.170. The van der Waals surface area contributed by atoms with Crippen LogP contribution in [0.1, 0.15) is 40.9 Å². The van der Waals surface area contributed by atoms with E-state index in [1.165, 1.54) is 48.5 Å². The molecule has 0 aliphatic rings. The number of imide groups is 1. The number of hydrogen-bond acceptors (Lipinski definition) is 8. The van der Waals surface area contributed by atoms with Crippen molar-refractivity contribution in [2.45, 2.75) is 31.9 Å². The number of carbonyl (C=O) groups is 5. The van der Waals surface area contributed by atoms with Crippen molar-refractivity contribution in [3.05, 3.63) is 125 Å². The molecule has 4 aromatic carbocycles. The summed E-state index contributed by atoms with van der Waals surface area (Å²) in [5.74, 6) is -3.50. The molecule has 0 atom stereocenters. The SMILES string of the molecule is CCOC(=O)C(COC(=O)Cc1cccc(N(C=O)C(=O)c2ccccc2-c2ccc(C(F)(F)F)cc2)c1)(C(=O)OCC)c1ccccc1. The first-order chi connectivity index (χ1) is 23.5. The van der Waals surface area contributed by atoms with Crippen LogP contribution in [0.15, 0.2) is 103 Å². The Kier molecular flexibility index (Phi) is 11.7. The van der Waals surface area contributed by atoms with Gasteiger partial charge in [-0.15, -0.1) is 0 Å². The molecule has 0 fully saturated rings. The highest BCUT2D eigenvalue weighted by atomic mass is 19.4. The Labute approximate surface area is 280 Å². The maximum atomic E-state index is 13.6. The number of anilines is 1. The predicted octanol–water partition coefficient (Wildman–Crippen LogP) is 6.33. The number of ether oxygens (including phenoxy) is 3. The molecular weight excluding hydrogens is 643 g/mol. The highest BCUT2D eigenvalue weighted by molar-refractivity contribution is 6.18. The van der Waals surface area contributed by atoms with Crippen molar-refractivity contribution in [2.75, 3.05) is 24.7 Å². The highest BCUT2D eigenvalue weighted by Crippen LogP contribution is 2.33. The summed E-state index contributed by atoms with van der Waals surface area (Å²) in [6.07, 6.45) is -4.62. The Morgan fingerprint density at radius 3 is 1.92 bits per heavy atom. The lowest BCUT2D eigenvalue weighted by Gasteiger charge is -2.29. The van der Waals surface area contributed by atoms with Crippen LogP contribution < -0.4 is 4.90 Å². The number of carbonyl (C=O) groups excluding carboxylic acids is 5. The number of alkyl halides is 3. The van der Waals surface area contributed by atoms with E-state index in [-0.39, 0.29) is 42.9 Å². The Bertz CT molecular complexity index is 1790. The number of nitrogens with zero attached hydrogens (tertiary/aromatic N) is 1. The van der Waals surface area contributed by atoms with E-state index in [2.05, 4.69) is 0 Å². The molecule has 0 heterocycles. The molecule has 0 spiro atoms. The Hall–Kier alpha value is -5.78. The molecule has 0 aliphatic carbocycles. The van der Waals surface area contributed by atoms with Gasteiger partial charge in [0.1, 0.15) is 6.61 Å². The van der Waals surface area contributed by atoms with Crippen molar-refractivity contribution in [1.29, 1.82) is 0 Å². The van der Waals surface area contributed by atoms with Crippen LogP contribution in [-0.4, -0.2) is 50.0 Å². The molecule has 12 heteroatoms. The molecule has 0 unspecified atom stereocenters. The van der Waals surface area contributed by atoms with Crippen molar-refractivity contribution in [3.8, 4) is 11.1 Å². The largest absolute Gasteiger partial charge is 0.465 e. The van der Waals surface area contributed by atoms with Gasteiger partial charge in [0, 0.05) is 5.56 Å². The zero-order valence-corrected chi connectivity index (χ0v) is 26.6. The van der Waals surface area contributed by atoms with Gasteiger partial charge in [-0.2, -0.15) is 13.2 Å². The van der Waals surface area contributed by atoms with E-state index in [0.717, 1.165) is 17.0 Å². The van der Waals surface area contributed by atoms with Crippen LogP contribution in [0.2, 0.25) is 0 Å². The average Bonchev–Trinajstić information content (AvgIpc) is 3.09. The van der Waals surface area contributed by atoms with Gasteiger partial charge in [0.2, 0.25) is 11.8 Å². The molecule has 4 rings (SSSR count). The number of rotatable bonds is 13. The van der Waals surface area contributed by atoms with Crippen LogP contribution in [-0.2, 0) is 51.4 Å². The standard InChI is InChI=1S/C37H32F3NO8/c1-3-47-34(45)36(35(46)48-4-2,27-12-6-5-7-13-27)23-49-32(43)22-25-11-10-14-29(21-25)41(24-42)33(44)31-16-9-8-15-30(31)26-17-19-28(20-18-26)37(38,39)40/h5-21,24H,3-4,22-23H2,1-2H3. The third-order valence-corrected chi connectivity index (χ3v) is 7.51. The predicted molar refractivity (Wildman–Crippen MR) is 172 cm³/mol. The second-order valence-electron chi connectivity index (χ2n) is 10.6. The Balaban J connectivity index is 1.57. The van der Waals surface area contributed by atoms with E-state index < -0.39 is 47.6 Å². The van der Waals surface area contributed by atoms with Gasteiger partial charge < -0.3 is 14.2 Å². The topological polar surface area (TPSA) is 116 Å². The lowest BCUT2D eigenvalue weighted by atomic mass is 9.81. The van der Waals surface area contributed by atoms with Crippen LogP contribution in [0.4, 0.5) is 18.9 Å². The summed E-state index contributed by atoms with van der Waals surface area (Å²) >= 11 is 0. The molecule has 2 amide bonds. The summed E-state index contributed by atoms with van der Waals surface area (Å²) in [5.41, 5.74) is -1.62. The van der Waals surface area contributed by atoms with E-state index in [1.807, 2.05) is 0 Å². The maximum Gasteiger partial charge on any atom is 0.416 e. The minimum absolute atomic E-state index is 0.0473. The summed E-state index contributed by atoms with van der Waals surface area (Å²) < 4.78 is 55.2. The van der Waals surface area contributed by atoms with Crippen molar-refractivity contribution in [3.63, 3.8) is 0 Å². The van der Waals surface area contributed by atoms with E-state index in [9.17, 15) is 37.1 Å². The second-order valence-corrected chi connectivity index (χ2v) is 10.6. The van der Waals surface area contributed by atoms with Crippen LogP contribution in [0.25, 0.3) is 11.1 Å². The normalized spacial score (nSPS) is 11.3. The van der Waals surface area contributed by atoms with Gasteiger partial charge >= 0.3 is 24.1 Å². The smallest absolute Gasteiger partial charge is 0.416 e. The van der Waals surface area contributed by atoms with Gasteiger partial charge in [0.25, 0.3) is 5.91 Å². The second kappa shape index (κ2) is 15.9. The molecular formula is C37H32F3NO8. The average molecular weight is 676 g/mol. The van der Waals surface area contributed by atoms with Crippen LogP contribution in [0.3, 0.4) is 0 Å². The molecule has 254 valence electrons. The fourth-order valence-corrected chi connectivity index (χ4v) is 5.09. The van der Waals surface area contributed by atoms with E-state index in [1.54, 1.807) is 56.3 Å². The van der Waals surface area contributed by atoms with Gasteiger partial charge in [0.15, 0.2) is 0 Å². The van der Waals surface area contributed by atoms with Gasteiger partial charge in [-0.05, 0) is 66.4 Å². The first kappa shape index (κ1) is 36.1. The number of esters is 3. The van der Waals surface area contributed by atoms with E-state index >= 15 is 0 Å². The minimum atomic E-state index is -4.54. The van der Waals surface area contributed by atoms with Crippen LogP contribution in [0.5, 0.6) is 0 Å². The fourth-order valence-electron chi connectivity index (χ4n) is 5.09. The highest BCUT2D eigenvalue weighted by Gasteiger charge is 2.52. The fraction of sp³-hybridized carbons (Fsp3) is 0.216. The molecule has 0 saturated carbocycles. The summed E-state index contributed by atoms with van der Waals surface area (Å²) in [6.45, 7) is 2.33. The van der Waals surface area contributed by atoms with Gasteiger partial charge in [0.05, 0.1) is 30.9 Å². The van der Waals surface area contributed by atoms with Gasteiger partial charge in [-0.1, -0.05) is 72.8 Å². The number of halogens is 3. The molecule has 0 aromatic heterocycles. The zero-order chi connectivity index (χ0) is 35.6. The number of amides is 2. The van der Waals surface area contributed by atoms with E-state index in [4.69, 9.17) is 14.2 Å². The maximum absolute atomic E-state index is 13.6. The molecule has 0 N–H and O–H groups in total. The van der Waals surface area contributed by atoms with Gasteiger partial charge in [-0.3, -0.25) is 24.0 Å². The third kappa shape index (κ3) is 8.21. The molecule has 4 aromatic rings. The monoisotopic (exact) mass is 675 g/mol. The summed E-state index contributed by atoms with van der Waals surface area (Å²) in [4.78, 5) is 66.2. The molecule has 49 heavy (non-hydrogen) atoms. The Morgan fingerprint density at radius 1 is 0.714 bits per heavy atom. The summed E-state index contributed by atoms with van der Waals surface area (Å²) in [6, 6.07) is 24.3. The Morgan fingerprint density at radius 2 is 1.33 bits per heavy atom. The number of benzene rings is 4. The molecule has 0 bridgehead atoms. The third-order valence-electron chi connectivity index (χ3n) is 7.51. The first-order valence-electron chi connectivity index (χ1n) is 15.2. The quantitative estimate of drug-likeness (QED) is 0.0700. The van der Waals surface area contributed by atoms with Crippen LogP contribution >= 0.6 is 0 Å². The van der Waals surface area contributed by atoms with E-state index in [0.29, 0.717) is 16.7 Å². The molecule has 0 aliphatic heterocycles. The number of hydrogen-bond donors (Lipinski definition) is 0. The van der Waals surface area contributed by atoms with Crippen molar-refractivity contribution < 1.29 is 51.4 Å². The van der Waals surface area contributed by atoms with Crippen molar-refractivity contribution in [2.24, 2.45) is 0 Å². The summed E-state index contributed by atoms with van der Waals surface area (Å²) in [7, 11) is 0. The van der Waals surface area contributed by atoms with Crippen molar-refractivity contribution in [1.82, 2.24) is 0 Å². The van der Waals surface area contributed by atoms with Crippen LogP contribution in [0, 0.1) is 0 Å². The molecule has 0 radical (unpaired) electrons. The molecule has 9 nitrogen and oxygen atoms in total. The van der Waals surface area contributed by atoms with Crippen molar-refractivity contribution >= 4 is 35.9 Å². The lowest BCUT2D eigenvalue weighted by Crippen LogP contribution is -2.50. The van der Waals surface area contributed by atoms with Gasteiger partial charge in [-0.25, -0.2) is 4.90 Å². The minimum Gasteiger partial charge on any atom is -0.465 e. The first-order valence-corrected chi connectivity index (χ1v) is 15.2.